The van der Waals surface area contributed by atoms with E-state index in [1.54, 1.807) is 14.0 Å². The highest BCUT2D eigenvalue weighted by atomic mass is 16.5. The normalized spacial score (nSPS) is 15.7. The molecule has 1 N–H and O–H groups in total. The van der Waals surface area contributed by atoms with E-state index in [1.807, 2.05) is 6.92 Å². The molecule has 4 heteroatoms. The fourth-order valence-corrected chi connectivity index (χ4v) is 0.845. The van der Waals surface area contributed by atoms with Gasteiger partial charge in [0.05, 0.1) is 38.6 Å². The zero-order valence-corrected chi connectivity index (χ0v) is 8.66. The maximum atomic E-state index is 8.86. The molecule has 0 rings (SSSR count). The Morgan fingerprint density at radius 2 is 1.85 bits per heavy atom. The molecule has 0 amide bonds. The van der Waals surface area contributed by atoms with Crippen molar-refractivity contribution in [3.8, 4) is 0 Å². The molecule has 0 aliphatic carbocycles. The van der Waals surface area contributed by atoms with Crippen LogP contribution in [0.2, 0.25) is 0 Å². The molecule has 0 saturated carbocycles. The standard InChI is InChI=1S/C9H20O4/c1-8(10)6-12-4-5-13-9(2)7-11-3/h8-10H,4-7H2,1-3H3. The van der Waals surface area contributed by atoms with Crippen LogP contribution in [0.25, 0.3) is 0 Å². The summed E-state index contributed by atoms with van der Waals surface area (Å²) in [4.78, 5) is 0. The van der Waals surface area contributed by atoms with Gasteiger partial charge in [-0.3, -0.25) is 0 Å². The molecule has 13 heavy (non-hydrogen) atoms. The molecule has 0 aromatic heterocycles. The van der Waals surface area contributed by atoms with Crippen molar-refractivity contribution in [1.82, 2.24) is 0 Å². The van der Waals surface area contributed by atoms with Gasteiger partial charge in [-0.2, -0.15) is 0 Å². The van der Waals surface area contributed by atoms with Gasteiger partial charge in [0.25, 0.3) is 0 Å². The smallest absolute Gasteiger partial charge is 0.0781 e. The van der Waals surface area contributed by atoms with E-state index in [1.165, 1.54) is 0 Å². The van der Waals surface area contributed by atoms with Crippen molar-refractivity contribution in [1.29, 1.82) is 0 Å². The van der Waals surface area contributed by atoms with Gasteiger partial charge < -0.3 is 19.3 Å². The van der Waals surface area contributed by atoms with Gasteiger partial charge in [0.15, 0.2) is 0 Å². The van der Waals surface area contributed by atoms with Gasteiger partial charge in [0.1, 0.15) is 0 Å². The highest BCUT2D eigenvalue weighted by molar-refractivity contribution is 4.46. The number of ether oxygens (including phenoxy) is 3. The Hall–Kier alpha value is -0.160. The van der Waals surface area contributed by atoms with E-state index >= 15 is 0 Å². The third kappa shape index (κ3) is 9.76. The molecule has 2 unspecified atom stereocenters. The molecule has 80 valence electrons. The Labute approximate surface area is 79.8 Å². The minimum Gasteiger partial charge on any atom is -0.391 e. The number of hydrogen-bond acceptors (Lipinski definition) is 4. The van der Waals surface area contributed by atoms with Crippen LogP contribution in [0.5, 0.6) is 0 Å². The van der Waals surface area contributed by atoms with Crippen LogP contribution in [0.15, 0.2) is 0 Å². The highest BCUT2D eigenvalue weighted by Crippen LogP contribution is 1.91. The first-order valence-corrected chi connectivity index (χ1v) is 4.53. The fraction of sp³-hybridized carbons (Fsp3) is 1.00. The van der Waals surface area contributed by atoms with Crippen molar-refractivity contribution in [2.75, 3.05) is 33.5 Å². The van der Waals surface area contributed by atoms with Crippen LogP contribution in [0.1, 0.15) is 13.8 Å². The van der Waals surface area contributed by atoms with E-state index in [9.17, 15) is 0 Å². The maximum absolute atomic E-state index is 8.86. The first-order valence-electron chi connectivity index (χ1n) is 4.53. The molecule has 0 bridgehead atoms. The number of rotatable bonds is 8. The summed E-state index contributed by atoms with van der Waals surface area (Å²) in [6.07, 6.45) is -0.309. The van der Waals surface area contributed by atoms with Gasteiger partial charge in [-0.1, -0.05) is 0 Å². The molecule has 0 aromatic rings. The zero-order valence-electron chi connectivity index (χ0n) is 8.66. The second kappa shape index (κ2) is 8.44. The van der Waals surface area contributed by atoms with Gasteiger partial charge in [-0.25, -0.2) is 0 Å². The number of hydrogen-bond donors (Lipinski definition) is 1. The van der Waals surface area contributed by atoms with Gasteiger partial charge in [-0.05, 0) is 13.8 Å². The van der Waals surface area contributed by atoms with Crippen molar-refractivity contribution < 1.29 is 19.3 Å². The molecular formula is C9H20O4. The monoisotopic (exact) mass is 192 g/mol. The summed E-state index contributed by atoms with van der Waals surface area (Å²) in [5.74, 6) is 0. The van der Waals surface area contributed by atoms with Crippen LogP contribution in [0.3, 0.4) is 0 Å². The maximum Gasteiger partial charge on any atom is 0.0781 e. The van der Waals surface area contributed by atoms with Crippen LogP contribution in [0.4, 0.5) is 0 Å². The van der Waals surface area contributed by atoms with Gasteiger partial charge >= 0.3 is 0 Å². The first kappa shape index (κ1) is 12.8. The summed E-state index contributed by atoms with van der Waals surface area (Å²) in [6.45, 7) is 5.64. The van der Waals surface area contributed by atoms with Crippen molar-refractivity contribution >= 4 is 0 Å². The van der Waals surface area contributed by atoms with Gasteiger partial charge in [0.2, 0.25) is 0 Å². The fourth-order valence-electron chi connectivity index (χ4n) is 0.845. The van der Waals surface area contributed by atoms with E-state index in [4.69, 9.17) is 19.3 Å². The van der Waals surface area contributed by atoms with Crippen LogP contribution in [-0.2, 0) is 14.2 Å². The van der Waals surface area contributed by atoms with E-state index in [-0.39, 0.29) is 6.10 Å². The van der Waals surface area contributed by atoms with Crippen molar-refractivity contribution in [3.63, 3.8) is 0 Å². The van der Waals surface area contributed by atoms with Crippen molar-refractivity contribution in [2.24, 2.45) is 0 Å². The lowest BCUT2D eigenvalue weighted by atomic mass is 10.4. The number of methoxy groups -OCH3 is 1. The SMILES string of the molecule is COCC(C)OCCOCC(C)O. The van der Waals surface area contributed by atoms with Gasteiger partial charge in [0, 0.05) is 7.11 Å². The summed E-state index contributed by atoms with van der Waals surface area (Å²) in [5.41, 5.74) is 0. The van der Waals surface area contributed by atoms with Crippen LogP contribution in [0, 0.1) is 0 Å². The van der Waals surface area contributed by atoms with E-state index in [0.717, 1.165) is 0 Å². The Bertz CT molecular complexity index is 106. The third-order valence-corrected chi connectivity index (χ3v) is 1.39. The van der Waals surface area contributed by atoms with Gasteiger partial charge in [-0.15, -0.1) is 0 Å². The van der Waals surface area contributed by atoms with E-state index in [0.29, 0.717) is 26.4 Å². The largest absolute Gasteiger partial charge is 0.391 e. The Morgan fingerprint density at radius 3 is 2.38 bits per heavy atom. The molecular weight excluding hydrogens is 172 g/mol. The van der Waals surface area contributed by atoms with Crippen molar-refractivity contribution in [3.05, 3.63) is 0 Å². The van der Waals surface area contributed by atoms with Crippen LogP contribution >= 0.6 is 0 Å². The summed E-state index contributed by atoms with van der Waals surface area (Å²) in [7, 11) is 1.64. The predicted octanol–water partition coefficient (Wildman–Crippen LogP) is 0.435. The average molecular weight is 192 g/mol. The molecule has 0 fully saturated rings. The second-order valence-electron chi connectivity index (χ2n) is 3.06. The highest BCUT2D eigenvalue weighted by Gasteiger charge is 2.00. The molecule has 4 nitrogen and oxygen atoms in total. The summed E-state index contributed by atoms with van der Waals surface area (Å²) in [5, 5.41) is 8.86. The lowest BCUT2D eigenvalue weighted by molar-refractivity contribution is -0.0318. The molecule has 0 spiro atoms. The Kier molecular flexibility index (Phi) is 8.33. The molecule has 0 aromatic carbocycles. The van der Waals surface area contributed by atoms with E-state index in [2.05, 4.69) is 0 Å². The molecule has 0 heterocycles. The zero-order chi connectivity index (χ0) is 10.1. The predicted molar refractivity (Wildman–Crippen MR) is 49.8 cm³/mol. The topological polar surface area (TPSA) is 47.9 Å². The lowest BCUT2D eigenvalue weighted by Gasteiger charge is -2.12. The Morgan fingerprint density at radius 1 is 1.15 bits per heavy atom. The quantitative estimate of drug-likeness (QED) is 0.567. The first-order chi connectivity index (χ1) is 6.16. The van der Waals surface area contributed by atoms with E-state index < -0.39 is 6.10 Å². The Balaban J connectivity index is 3.06. The summed E-state index contributed by atoms with van der Waals surface area (Å²) >= 11 is 0. The average Bonchev–Trinajstić information content (AvgIpc) is 2.03. The summed E-state index contributed by atoms with van der Waals surface area (Å²) < 4.78 is 15.3. The number of aliphatic hydroxyl groups excluding tert-OH is 1. The lowest BCUT2D eigenvalue weighted by Crippen LogP contribution is -2.19. The molecule has 0 aliphatic heterocycles. The molecule has 0 radical (unpaired) electrons. The molecule has 0 saturated heterocycles. The third-order valence-electron chi connectivity index (χ3n) is 1.39. The second-order valence-corrected chi connectivity index (χ2v) is 3.06. The minimum atomic E-state index is -0.406. The number of aliphatic hydroxyl groups is 1. The molecule has 2 atom stereocenters. The van der Waals surface area contributed by atoms with Crippen LogP contribution < -0.4 is 0 Å². The van der Waals surface area contributed by atoms with Crippen LogP contribution in [-0.4, -0.2) is 50.9 Å². The van der Waals surface area contributed by atoms with Crippen molar-refractivity contribution in [2.45, 2.75) is 26.1 Å². The molecule has 0 aliphatic rings. The minimum absolute atomic E-state index is 0.0974. The summed E-state index contributed by atoms with van der Waals surface area (Å²) in [6, 6.07) is 0.